The van der Waals surface area contributed by atoms with E-state index in [2.05, 4.69) is 5.32 Å². The molecule has 4 heteroatoms. The zero-order valence-corrected chi connectivity index (χ0v) is 12.2. The molecule has 1 fully saturated rings. The number of hydrogen-bond donors (Lipinski definition) is 1. The Bertz CT molecular complexity index is 399. The Morgan fingerprint density at radius 3 is 2.63 bits per heavy atom. The minimum atomic E-state index is 0.132. The van der Waals surface area contributed by atoms with Gasteiger partial charge in [-0.3, -0.25) is 4.79 Å². The molecule has 0 aliphatic heterocycles. The van der Waals surface area contributed by atoms with E-state index in [1.807, 2.05) is 24.3 Å². The van der Waals surface area contributed by atoms with E-state index in [9.17, 15) is 4.79 Å². The number of carbonyl (C=O) groups is 1. The normalized spacial score (nSPS) is 15.4. The number of hydrogen-bond acceptors (Lipinski definition) is 3. The van der Waals surface area contributed by atoms with Gasteiger partial charge in [-0.1, -0.05) is 25.0 Å². The van der Waals surface area contributed by atoms with Gasteiger partial charge in [0.1, 0.15) is 5.75 Å². The quantitative estimate of drug-likeness (QED) is 0.870. The van der Waals surface area contributed by atoms with Gasteiger partial charge in [-0.15, -0.1) is 11.8 Å². The summed E-state index contributed by atoms with van der Waals surface area (Å²) in [5.41, 5.74) is 1.10. The number of carbonyl (C=O) groups excluding carboxylic acids is 1. The first-order chi connectivity index (χ1) is 9.28. The van der Waals surface area contributed by atoms with Crippen molar-refractivity contribution < 1.29 is 9.53 Å². The van der Waals surface area contributed by atoms with Crippen molar-refractivity contribution in [1.29, 1.82) is 0 Å². The fraction of sp³-hybridized carbons (Fsp3) is 0.533. The molecule has 0 bridgehead atoms. The van der Waals surface area contributed by atoms with Gasteiger partial charge >= 0.3 is 0 Å². The molecular weight excluding hydrogens is 258 g/mol. The minimum Gasteiger partial charge on any atom is -0.497 e. The number of thioether (sulfide) groups is 1. The average molecular weight is 279 g/mol. The smallest absolute Gasteiger partial charge is 0.230 e. The minimum absolute atomic E-state index is 0.132. The molecule has 19 heavy (non-hydrogen) atoms. The van der Waals surface area contributed by atoms with E-state index in [1.54, 1.807) is 18.9 Å². The molecule has 2 rings (SSSR count). The Kier molecular flexibility index (Phi) is 5.58. The Balaban J connectivity index is 1.67. The third kappa shape index (κ3) is 4.78. The topological polar surface area (TPSA) is 38.3 Å². The van der Waals surface area contributed by atoms with Gasteiger partial charge in [0, 0.05) is 11.8 Å². The summed E-state index contributed by atoms with van der Waals surface area (Å²) >= 11 is 1.80. The first-order valence-electron chi connectivity index (χ1n) is 6.79. The lowest BCUT2D eigenvalue weighted by atomic mass is 10.2. The van der Waals surface area contributed by atoms with Gasteiger partial charge < -0.3 is 10.1 Å². The van der Waals surface area contributed by atoms with Crippen molar-refractivity contribution in [2.45, 2.75) is 37.5 Å². The number of nitrogens with one attached hydrogen (secondary N) is 1. The molecule has 1 aromatic carbocycles. The van der Waals surface area contributed by atoms with Gasteiger partial charge in [-0.2, -0.15) is 0 Å². The molecule has 1 saturated carbocycles. The largest absolute Gasteiger partial charge is 0.497 e. The molecule has 1 aliphatic carbocycles. The Labute approximate surface area is 119 Å². The van der Waals surface area contributed by atoms with Crippen molar-refractivity contribution in [3.05, 3.63) is 29.8 Å². The zero-order chi connectivity index (χ0) is 13.5. The lowest BCUT2D eigenvalue weighted by Gasteiger charge is -2.09. The van der Waals surface area contributed by atoms with E-state index in [4.69, 9.17) is 4.74 Å². The number of rotatable bonds is 6. The highest BCUT2D eigenvalue weighted by Gasteiger charge is 2.16. The molecule has 1 amide bonds. The van der Waals surface area contributed by atoms with E-state index < -0.39 is 0 Å². The van der Waals surface area contributed by atoms with Crippen LogP contribution in [0.3, 0.4) is 0 Å². The molecule has 1 aliphatic rings. The highest BCUT2D eigenvalue weighted by Crippen LogP contribution is 2.29. The molecule has 0 radical (unpaired) electrons. The summed E-state index contributed by atoms with van der Waals surface area (Å²) in [7, 11) is 1.65. The molecule has 1 N–H and O–H groups in total. The van der Waals surface area contributed by atoms with Crippen molar-refractivity contribution in [2.24, 2.45) is 0 Å². The summed E-state index contributed by atoms with van der Waals surface area (Å²) in [6.45, 7) is 0.591. The predicted molar refractivity (Wildman–Crippen MR) is 79.6 cm³/mol. The summed E-state index contributed by atoms with van der Waals surface area (Å²) in [4.78, 5) is 11.7. The van der Waals surface area contributed by atoms with Crippen LogP contribution in [0.5, 0.6) is 5.75 Å². The summed E-state index contributed by atoms with van der Waals surface area (Å²) < 4.78 is 5.10. The van der Waals surface area contributed by atoms with Gasteiger partial charge in [-0.25, -0.2) is 0 Å². The average Bonchev–Trinajstić information content (AvgIpc) is 2.96. The maximum Gasteiger partial charge on any atom is 0.230 e. The highest BCUT2D eigenvalue weighted by atomic mass is 32.2. The Morgan fingerprint density at radius 2 is 2.00 bits per heavy atom. The Morgan fingerprint density at radius 1 is 1.32 bits per heavy atom. The zero-order valence-electron chi connectivity index (χ0n) is 11.4. The van der Waals surface area contributed by atoms with Gasteiger partial charge in [0.15, 0.2) is 0 Å². The Hall–Kier alpha value is -1.16. The maximum atomic E-state index is 11.7. The van der Waals surface area contributed by atoms with Crippen molar-refractivity contribution in [2.75, 3.05) is 12.9 Å². The number of benzene rings is 1. The summed E-state index contributed by atoms with van der Waals surface area (Å²) in [5, 5.41) is 3.66. The summed E-state index contributed by atoms with van der Waals surface area (Å²) in [5.74, 6) is 1.56. The van der Waals surface area contributed by atoms with Gasteiger partial charge in [0.2, 0.25) is 5.91 Å². The predicted octanol–water partition coefficient (Wildman–Crippen LogP) is 2.99. The van der Waals surface area contributed by atoms with Gasteiger partial charge in [0.25, 0.3) is 0 Å². The molecular formula is C15H21NO2S. The van der Waals surface area contributed by atoms with Crippen LogP contribution >= 0.6 is 11.8 Å². The van der Waals surface area contributed by atoms with Crippen LogP contribution < -0.4 is 10.1 Å². The van der Waals surface area contributed by atoms with E-state index in [0.717, 1.165) is 11.3 Å². The van der Waals surface area contributed by atoms with E-state index in [1.165, 1.54) is 25.7 Å². The summed E-state index contributed by atoms with van der Waals surface area (Å²) in [6.07, 6.45) is 5.20. The second kappa shape index (κ2) is 7.43. The molecule has 0 unspecified atom stereocenters. The number of methoxy groups -OCH3 is 1. The van der Waals surface area contributed by atoms with Crippen LogP contribution in [-0.4, -0.2) is 24.0 Å². The fourth-order valence-corrected chi connectivity index (χ4v) is 3.40. The van der Waals surface area contributed by atoms with Crippen LogP contribution in [0.4, 0.5) is 0 Å². The van der Waals surface area contributed by atoms with Crippen LogP contribution in [0, 0.1) is 0 Å². The maximum absolute atomic E-state index is 11.7. The van der Waals surface area contributed by atoms with Crippen molar-refractivity contribution in [3.8, 4) is 5.75 Å². The number of ether oxygens (including phenoxy) is 1. The molecule has 1 aromatic rings. The van der Waals surface area contributed by atoms with Crippen LogP contribution in [0.1, 0.15) is 31.2 Å². The second-order valence-electron chi connectivity index (χ2n) is 4.84. The SMILES string of the molecule is COc1ccc(CNC(=O)CSC2CCCC2)cc1. The van der Waals surface area contributed by atoms with Crippen molar-refractivity contribution >= 4 is 17.7 Å². The fourth-order valence-electron chi connectivity index (χ4n) is 2.24. The standard InChI is InChI=1S/C15H21NO2S/c1-18-13-8-6-12(7-9-13)10-16-15(17)11-19-14-4-2-3-5-14/h6-9,14H,2-5,10-11H2,1H3,(H,16,17). The molecule has 0 spiro atoms. The lowest BCUT2D eigenvalue weighted by molar-refractivity contribution is -0.118. The van der Waals surface area contributed by atoms with Crippen molar-refractivity contribution in [3.63, 3.8) is 0 Å². The van der Waals surface area contributed by atoms with Gasteiger partial charge in [0.05, 0.1) is 12.9 Å². The lowest BCUT2D eigenvalue weighted by Crippen LogP contribution is -2.25. The van der Waals surface area contributed by atoms with E-state index >= 15 is 0 Å². The van der Waals surface area contributed by atoms with Crippen LogP contribution in [0.25, 0.3) is 0 Å². The van der Waals surface area contributed by atoms with Crippen molar-refractivity contribution in [1.82, 2.24) is 5.32 Å². The van der Waals surface area contributed by atoms with Gasteiger partial charge in [-0.05, 0) is 30.5 Å². The highest BCUT2D eigenvalue weighted by molar-refractivity contribution is 8.00. The first-order valence-corrected chi connectivity index (χ1v) is 7.84. The van der Waals surface area contributed by atoms with E-state index in [-0.39, 0.29) is 5.91 Å². The molecule has 0 heterocycles. The molecule has 0 saturated heterocycles. The third-order valence-corrected chi connectivity index (χ3v) is 4.77. The molecule has 0 aromatic heterocycles. The molecule has 3 nitrogen and oxygen atoms in total. The third-order valence-electron chi connectivity index (χ3n) is 3.40. The first kappa shape index (κ1) is 14.3. The monoisotopic (exact) mass is 279 g/mol. The second-order valence-corrected chi connectivity index (χ2v) is 6.13. The summed E-state index contributed by atoms with van der Waals surface area (Å²) in [6, 6.07) is 7.77. The number of amides is 1. The van der Waals surface area contributed by atoms with E-state index in [0.29, 0.717) is 17.5 Å². The van der Waals surface area contributed by atoms with Crippen LogP contribution in [0.2, 0.25) is 0 Å². The van der Waals surface area contributed by atoms with Crippen LogP contribution in [0.15, 0.2) is 24.3 Å². The molecule has 104 valence electrons. The molecule has 0 atom stereocenters. The van der Waals surface area contributed by atoms with Crippen LogP contribution in [-0.2, 0) is 11.3 Å².